The first-order chi connectivity index (χ1) is 16.5. The van der Waals surface area contributed by atoms with Crippen molar-refractivity contribution in [1.82, 2.24) is 4.98 Å². The fourth-order valence-corrected chi connectivity index (χ4v) is 4.68. The number of hydrogen-bond donors (Lipinski definition) is 1. The fraction of sp³-hybridized carbons (Fsp3) is 0.444. The van der Waals surface area contributed by atoms with Gasteiger partial charge >= 0.3 is 12.1 Å². The van der Waals surface area contributed by atoms with Gasteiger partial charge in [0.15, 0.2) is 0 Å². The average molecular weight is 466 g/mol. The minimum Gasteiger partial charge on any atom is -0.460 e. The molecule has 2 heterocycles. The summed E-state index contributed by atoms with van der Waals surface area (Å²) in [6.07, 6.45) is 10.2. The summed E-state index contributed by atoms with van der Waals surface area (Å²) in [7, 11) is 0. The van der Waals surface area contributed by atoms with Gasteiger partial charge in [-0.1, -0.05) is 36.4 Å². The predicted octanol–water partition coefficient (Wildman–Crippen LogP) is 4.87. The Kier molecular flexibility index (Phi) is 7.95. The molecule has 7 heteroatoms. The van der Waals surface area contributed by atoms with Crippen LogP contribution in [0.2, 0.25) is 0 Å². The third-order valence-electron chi connectivity index (χ3n) is 6.46. The first-order valence-electron chi connectivity index (χ1n) is 11.9. The number of carbonyl (C=O) groups excluding carboxylic acids is 2. The summed E-state index contributed by atoms with van der Waals surface area (Å²) in [5.74, 6) is -0.584. The van der Waals surface area contributed by atoms with Crippen molar-refractivity contribution in [2.45, 2.75) is 63.9 Å². The van der Waals surface area contributed by atoms with Crippen molar-refractivity contribution in [3.05, 3.63) is 66.5 Å². The van der Waals surface area contributed by atoms with Crippen molar-refractivity contribution in [3.8, 4) is 0 Å². The van der Waals surface area contributed by atoms with E-state index in [1.807, 2.05) is 37.3 Å². The van der Waals surface area contributed by atoms with E-state index in [0.717, 1.165) is 30.0 Å². The van der Waals surface area contributed by atoms with Crippen molar-refractivity contribution in [1.29, 1.82) is 0 Å². The predicted molar refractivity (Wildman–Crippen MR) is 127 cm³/mol. The Hall–Kier alpha value is -3.19. The number of nitrogens with zero attached hydrogens (tertiary/aromatic N) is 1. The number of ether oxygens (including phenoxy) is 3. The molecule has 1 saturated carbocycles. The number of aromatic nitrogens is 1. The van der Waals surface area contributed by atoms with Gasteiger partial charge < -0.3 is 19.3 Å². The number of aliphatic hydroxyl groups is 1. The van der Waals surface area contributed by atoms with Crippen molar-refractivity contribution in [3.63, 3.8) is 0 Å². The highest BCUT2D eigenvalue weighted by Crippen LogP contribution is 2.38. The maximum atomic E-state index is 12.3. The number of pyridine rings is 1. The molecule has 1 aromatic carbocycles. The van der Waals surface area contributed by atoms with Crippen LogP contribution in [-0.2, 0) is 25.6 Å². The van der Waals surface area contributed by atoms with Gasteiger partial charge in [-0.05, 0) is 68.4 Å². The number of allylic oxidation sites excluding steroid dienone is 2. The number of rotatable bonds is 3. The van der Waals surface area contributed by atoms with Crippen LogP contribution in [0.4, 0.5) is 4.79 Å². The van der Waals surface area contributed by atoms with Gasteiger partial charge in [0.25, 0.3) is 0 Å². The molecule has 0 amide bonds. The van der Waals surface area contributed by atoms with E-state index in [1.165, 1.54) is 12.2 Å². The Morgan fingerprint density at radius 1 is 1.21 bits per heavy atom. The van der Waals surface area contributed by atoms with Crippen LogP contribution < -0.4 is 0 Å². The Balaban J connectivity index is 1.34. The van der Waals surface area contributed by atoms with E-state index < -0.39 is 18.2 Å². The molecule has 0 bridgehead atoms. The lowest BCUT2D eigenvalue weighted by Crippen LogP contribution is -2.22. The highest BCUT2D eigenvalue weighted by molar-refractivity contribution is 5.82. The van der Waals surface area contributed by atoms with Gasteiger partial charge in [-0.25, -0.2) is 9.59 Å². The van der Waals surface area contributed by atoms with Gasteiger partial charge in [-0.2, -0.15) is 0 Å². The molecule has 0 spiro atoms. The molecular weight excluding hydrogens is 434 g/mol. The van der Waals surface area contributed by atoms with Crippen LogP contribution in [0, 0.1) is 11.8 Å². The monoisotopic (exact) mass is 465 g/mol. The van der Waals surface area contributed by atoms with E-state index in [2.05, 4.69) is 17.1 Å². The number of carbonyl (C=O) groups is 2. The quantitative estimate of drug-likeness (QED) is 0.510. The molecule has 1 aliphatic carbocycles. The van der Waals surface area contributed by atoms with Crippen LogP contribution >= 0.6 is 0 Å². The van der Waals surface area contributed by atoms with Gasteiger partial charge in [0.1, 0.15) is 12.7 Å². The summed E-state index contributed by atoms with van der Waals surface area (Å²) < 4.78 is 16.2. The summed E-state index contributed by atoms with van der Waals surface area (Å²) in [6, 6.07) is 9.73. The van der Waals surface area contributed by atoms with Crippen LogP contribution in [0.15, 0.2) is 60.8 Å². The molecule has 1 aromatic heterocycles. The van der Waals surface area contributed by atoms with Crippen molar-refractivity contribution >= 4 is 22.9 Å². The second-order valence-corrected chi connectivity index (χ2v) is 9.06. The van der Waals surface area contributed by atoms with E-state index >= 15 is 0 Å². The van der Waals surface area contributed by atoms with E-state index in [1.54, 1.807) is 6.20 Å². The number of aliphatic hydroxyl groups excluding tert-OH is 1. The molecule has 180 valence electrons. The van der Waals surface area contributed by atoms with Crippen molar-refractivity contribution < 1.29 is 28.9 Å². The number of cyclic esters (lactones) is 1. The molecule has 1 N–H and O–H groups in total. The Morgan fingerprint density at radius 2 is 2.03 bits per heavy atom. The summed E-state index contributed by atoms with van der Waals surface area (Å²) in [5, 5.41) is 12.7. The SMILES string of the molecule is C[C@H]1CCC/C=C/[C@@H]2C[C@H](OC(=O)OCc3cc4ccccc4cn3)C[C@H]2[C@H](O)/C=C/C(=O)O1. The first-order valence-corrected chi connectivity index (χ1v) is 11.9. The largest absolute Gasteiger partial charge is 0.508 e. The van der Waals surface area contributed by atoms with Gasteiger partial charge in [-0.15, -0.1) is 0 Å². The van der Waals surface area contributed by atoms with Crippen molar-refractivity contribution in [2.75, 3.05) is 0 Å². The maximum absolute atomic E-state index is 12.3. The van der Waals surface area contributed by atoms with E-state index in [4.69, 9.17) is 14.2 Å². The molecule has 2 aromatic rings. The summed E-state index contributed by atoms with van der Waals surface area (Å²) >= 11 is 0. The van der Waals surface area contributed by atoms with Crippen LogP contribution in [0.25, 0.3) is 10.8 Å². The van der Waals surface area contributed by atoms with Crippen LogP contribution in [-0.4, -0.2) is 40.5 Å². The van der Waals surface area contributed by atoms with E-state index in [9.17, 15) is 14.7 Å². The number of hydrogen-bond acceptors (Lipinski definition) is 7. The normalized spacial score (nSPS) is 29.6. The molecule has 7 nitrogen and oxygen atoms in total. The highest BCUT2D eigenvalue weighted by Gasteiger charge is 2.38. The van der Waals surface area contributed by atoms with E-state index in [-0.39, 0.29) is 30.7 Å². The lowest BCUT2D eigenvalue weighted by atomic mass is 9.90. The number of fused-ring (bicyclic) bond motifs is 2. The van der Waals surface area contributed by atoms with Crippen LogP contribution in [0.5, 0.6) is 0 Å². The fourth-order valence-electron chi connectivity index (χ4n) is 4.68. The third-order valence-corrected chi connectivity index (χ3v) is 6.46. The molecule has 5 atom stereocenters. The molecule has 0 radical (unpaired) electrons. The molecule has 34 heavy (non-hydrogen) atoms. The minimum absolute atomic E-state index is 0.0229. The lowest BCUT2D eigenvalue weighted by molar-refractivity contribution is -0.142. The molecule has 1 fully saturated rings. The Morgan fingerprint density at radius 3 is 2.88 bits per heavy atom. The average Bonchev–Trinajstić information content (AvgIpc) is 3.22. The molecule has 0 saturated heterocycles. The molecule has 4 rings (SSSR count). The van der Waals surface area contributed by atoms with Gasteiger partial charge in [0, 0.05) is 17.7 Å². The standard InChI is InChI=1S/C27H31NO6/c1-18-7-3-2-4-9-20-14-23(15-24(20)25(29)11-12-26(30)33-18)34-27(31)32-17-22-13-19-8-5-6-10-21(19)16-28-22/h4-6,8-13,16,18,20,23-25,29H,2-3,7,14-15,17H2,1H3/b9-4+,12-11+/t18-,20+,23-,24+,25+/m0/s1. The Bertz CT molecular complexity index is 1060. The zero-order valence-electron chi connectivity index (χ0n) is 19.3. The zero-order chi connectivity index (χ0) is 23.9. The van der Waals surface area contributed by atoms with Gasteiger partial charge in [-0.3, -0.25) is 4.98 Å². The van der Waals surface area contributed by atoms with Crippen molar-refractivity contribution in [2.24, 2.45) is 11.8 Å². The van der Waals surface area contributed by atoms with E-state index in [0.29, 0.717) is 18.5 Å². The van der Waals surface area contributed by atoms with Gasteiger partial charge in [0.05, 0.1) is 17.9 Å². The second kappa shape index (κ2) is 11.3. The third kappa shape index (κ3) is 6.44. The number of benzene rings is 1. The summed E-state index contributed by atoms with van der Waals surface area (Å²) in [5.41, 5.74) is 0.643. The molecular formula is C27H31NO6. The molecule has 0 unspecified atom stereocenters. The summed E-state index contributed by atoms with van der Waals surface area (Å²) in [6.45, 7) is 1.90. The van der Waals surface area contributed by atoms with Crippen LogP contribution in [0.1, 0.15) is 44.7 Å². The number of esters is 1. The summed E-state index contributed by atoms with van der Waals surface area (Å²) in [4.78, 5) is 28.7. The molecule has 1 aliphatic heterocycles. The molecule has 2 aliphatic rings. The lowest BCUT2D eigenvalue weighted by Gasteiger charge is -2.19. The van der Waals surface area contributed by atoms with Gasteiger partial charge in [0.2, 0.25) is 0 Å². The first kappa shape index (κ1) is 24.0. The van der Waals surface area contributed by atoms with Crippen LogP contribution in [0.3, 0.4) is 0 Å². The highest BCUT2D eigenvalue weighted by atomic mass is 16.7. The zero-order valence-corrected chi connectivity index (χ0v) is 19.3. The second-order valence-electron chi connectivity index (χ2n) is 9.06. The topological polar surface area (TPSA) is 95.0 Å². The maximum Gasteiger partial charge on any atom is 0.508 e. The minimum atomic E-state index is -0.843. The smallest absolute Gasteiger partial charge is 0.460 e. The Labute approximate surface area is 199 Å².